The lowest BCUT2D eigenvalue weighted by atomic mass is 9.90. The number of allylic oxidation sites excluding steroid dienone is 1. The van der Waals surface area contributed by atoms with Crippen LogP contribution in [0.25, 0.3) is 5.57 Å². The molecule has 0 aromatic heterocycles. The van der Waals surface area contributed by atoms with Gasteiger partial charge < -0.3 is 19.7 Å². The van der Waals surface area contributed by atoms with Crippen molar-refractivity contribution >= 4 is 17.3 Å². The number of ether oxygens (including phenoxy) is 2. The third kappa shape index (κ3) is 8.12. The molecule has 0 aliphatic heterocycles. The van der Waals surface area contributed by atoms with Crippen LogP contribution in [-0.4, -0.2) is 43.2 Å². The molecule has 3 aromatic carbocycles. The van der Waals surface area contributed by atoms with Crippen molar-refractivity contribution in [1.29, 1.82) is 0 Å². The van der Waals surface area contributed by atoms with Crippen LogP contribution in [0.15, 0.2) is 89.4 Å². The summed E-state index contributed by atoms with van der Waals surface area (Å²) in [5.74, 6) is 0.657. The van der Waals surface area contributed by atoms with Gasteiger partial charge in [0.2, 0.25) is 0 Å². The van der Waals surface area contributed by atoms with Crippen LogP contribution in [0.3, 0.4) is 0 Å². The van der Waals surface area contributed by atoms with Crippen molar-refractivity contribution in [3.05, 3.63) is 101 Å². The maximum atomic E-state index is 11.4. The number of carboxylic acid groups (broad SMARTS) is 1. The number of aliphatic imine (C=N–C) groups is 1. The molecule has 0 radical (unpaired) electrons. The lowest BCUT2D eigenvalue weighted by Gasteiger charge is -2.19. The molecule has 35 heavy (non-hydrogen) atoms. The molecule has 0 saturated heterocycles. The van der Waals surface area contributed by atoms with Gasteiger partial charge in [-0.25, -0.2) is 0 Å². The van der Waals surface area contributed by atoms with E-state index in [-0.39, 0.29) is 6.42 Å². The van der Waals surface area contributed by atoms with E-state index in [9.17, 15) is 15.0 Å². The Balaban J connectivity index is 0.000000402. The molecule has 6 heteroatoms. The topological polar surface area (TPSA) is 88.4 Å². The Hall–Kier alpha value is -3.90. The van der Waals surface area contributed by atoms with E-state index in [2.05, 4.69) is 11.9 Å². The van der Waals surface area contributed by atoms with Crippen LogP contribution in [-0.2, 0) is 4.79 Å². The number of nitrogens with zero attached hydrogens (tertiary/aromatic N) is 1. The van der Waals surface area contributed by atoms with Gasteiger partial charge in [-0.2, -0.15) is 0 Å². The molecule has 0 heterocycles. The monoisotopic (exact) mass is 475 g/mol. The average Bonchev–Trinajstić information content (AvgIpc) is 2.89. The first-order chi connectivity index (χ1) is 16.8. The minimum Gasteiger partial charge on any atom is -0.497 e. The van der Waals surface area contributed by atoms with Crippen LogP contribution < -0.4 is 9.47 Å². The summed E-state index contributed by atoms with van der Waals surface area (Å²) in [5.41, 5.74) is 4.39. The van der Waals surface area contributed by atoms with Crippen molar-refractivity contribution in [2.45, 2.75) is 26.4 Å². The van der Waals surface area contributed by atoms with Gasteiger partial charge >= 0.3 is 5.97 Å². The number of hydrogen-bond acceptors (Lipinski definition) is 5. The highest BCUT2D eigenvalue weighted by atomic mass is 16.5. The quantitative estimate of drug-likeness (QED) is 0.405. The molecule has 0 aliphatic carbocycles. The molecular formula is C29H33NO5. The summed E-state index contributed by atoms with van der Waals surface area (Å²) < 4.78 is 10.1. The number of aryl methyl sites for hydroxylation is 1. The zero-order valence-electron chi connectivity index (χ0n) is 20.9. The van der Waals surface area contributed by atoms with E-state index >= 15 is 0 Å². The van der Waals surface area contributed by atoms with Crippen molar-refractivity contribution in [3.8, 4) is 11.5 Å². The summed E-state index contributed by atoms with van der Waals surface area (Å²) in [7, 11) is 4.82. The lowest BCUT2D eigenvalue weighted by Crippen LogP contribution is -2.18. The lowest BCUT2D eigenvalue weighted by molar-refractivity contribution is -0.136. The average molecular weight is 476 g/mol. The van der Waals surface area contributed by atoms with Gasteiger partial charge in [-0.3, -0.25) is 9.79 Å². The number of benzene rings is 3. The van der Waals surface area contributed by atoms with Gasteiger partial charge in [0.15, 0.2) is 0 Å². The number of carbonyl (C=O) groups is 1. The Labute approximate surface area is 207 Å². The van der Waals surface area contributed by atoms with Crippen LogP contribution in [0.2, 0.25) is 0 Å². The second kappa shape index (κ2) is 13.7. The van der Waals surface area contributed by atoms with Crippen LogP contribution in [0.4, 0.5) is 0 Å². The molecule has 1 unspecified atom stereocenters. The SMILES string of the molecule is CN=C(/C(CC(=O)O)=C(\C)c1ccc(OC)cc1)C(O)c1ccccc1.COc1ccc(C)cc1. The van der Waals surface area contributed by atoms with Crippen molar-refractivity contribution in [1.82, 2.24) is 0 Å². The van der Waals surface area contributed by atoms with E-state index in [1.165, 1.54) is 5.56 Å². The fraction of sp³-hybridized carbons (Fsp3) is 0.241. The second-order valence-electron chi connectivity index (χ2n) is 7.84. The summed E-state index contributed by atoms with van der Waals surface area (Å²) in [6.45, 7) is 3.89. The number of aliphatic hydroxyl groups is 1. The third-order valence-electron chi connectivity index (χ3n) is 5.48. The van der Waals surface area contributed by atoms with E-state index in [0.29, 0.717) is 16.8 Å². The number of rotatable bonds is 8. The van der Waals surface area contributed by atoms with Gasteiger partial charge in [0.25, 0.3) is 0 Å². The van der Waals surface area contributed by atoms with E-state index < -0.39 is 12.1 Å². The fourth-order valence-corrected chi connectivity index (χ4v) is 3.47. The molecule has 184 valence electrons. The highest BCUT2D eigenvalue weighted by Gasteiger charge is 2.23. The Morgan fingerprint density at radius 2 is 1.40 bits per heavy atom. The van der Waals surface area contributed by atoms with Gasteiger partial charge in [-0.1, -0.05) is 60.2 Å². The largest absolute Gasteiger partial charge is 0.497 e. The van der Waals surface area contributed by atoms with Crippen LogP contribution in [0.1, 0.15) is 36.1 Å². The van der Waals surface area contributed by atoms with Crippen molar-refractivity contribution in [3.63, 3.8) is 0 Å². The van der Waals surface area contributed by atoms with Crippen LogP contribution in [0, 0.1) is 6.92 Å². The van der Waals surface area contributed by atoms with E-state index in [1.807, 2.05) is 73.7 Å². The molecule has 0 fully saturated rings. The summed E-state index contributed by atoms with van der Waals surface area (Å²) in [4.78, 5) is 15.7. The normalized spacial score (nSPS) is 12.6. The number of aliphatic carboxylic acids is 1. The van der Waals surface area contributed by atoms with Gasteiger partial charge in [-0.05, 0) is 60.4 Å². The van der Waals surface area contributed by atoms with Crippen molar-refractivity contribution in [2.75, 3.05) is 21.3 Å². The first-order valence-electron chi connectivity index (χ1n) is 11.2. The Morgan fingerprint density at radius 1 is 0.886 bits per heavy atom. The predicted molar refractivity (Wildman–Crippen MR) is 140 cm³/mol. The van der Waals surface area contributed by atoms with E-state index in [1.54, 1.807) is 33.4 Å². The van der Waals surface area contributed by atoms with Crippen LogP contribution >= 0.6 is 0 Å². The summed E-state index contributed by atoms with van der Waals surface area (Å²) in [5, 5.41) is 20.1. The Morgan fingerprint density at radius 3 is 1.86 bits per heavy atom. The number of hydrogen-bond donors (Lipinski definition) is 2. The summed E-state index contributed by atoms with van der Waals surface area (Å²) in [6, 6.07) is 24.4. The van der Waals surface area contributed by atoms with E-state index in [4.69, 9.17) is 9.47 Å². The molecule has 3 aromatic rings. The van der Waals surface area contributed by atoms with Gasteiger partial charge in [0.05, 0.1) is 26.4 Å². The maximum absolute atomic E-state index is 11.4. The summed E-state index contributed by atoms with van der Waals surface area (Å²) >= 11 is 0. The van der Waals surface area contributed by atoms with Crippen molar-refractivity contribution in [2.24, 2.45) is 4.99 Å². The van der Waals surface area contributed by atoms with E-state index in [0.717, 1.165) is 22.6 Å². The zero-order chi connectivity index (χ0) is 25.8. The van der Waals surface area contributed by atoms with Crippen LogP contribution in [0.5, 0.6) is 11.5 Å². The standard InChI is InChI=1S/C21H23NO4.C8H10O/c1-14(15-9-11-17(26-3)12-10-15)18(13-19(23)24)20(22-2)21(25)16-7-5-4-6-8-16;1-7-3-5-8(9-2)6-4-7/h4-12,21,25H,13H2,1-3H3,(H,23,24);3-6H,1-2H3/b18-14+,22-20?;. The summed E-state index contributed by atoms with van der Waals surface area (Å²) in [6.07, 6.45) is -1.22. The molecule has 0 amide bonds. The molecule has 6 nitrogen and oxygen atoms in total. The Bertz CT molecular complexity index is 1130. The third-order valence-corrected chi connectivity index (χ3v) is 5.48. The molecule has 2 N–H and O–H groups in total. The zero-order valence-corrected chi connectivity index (χ0v) is 20.9. The fourth-order valence-electron chi connectivity index (χ4n) is 3.47. The van der Waals surface area contributed by atoms with Gasteiger partial charge in [0.1, 0.15) is 17.6 Å². The maximum Gasteiger partial charge on any atom is 0.307 e. The molecule has 0 spiro atoms. The first-order valence-corrected chi connectivity index (χ1v) is 11.2. The second-order valence-corrected chi connectivity index (χ2v) is 7.84. The molecule has 1 atom stereocenters. The van der Waals surface area contributed by atoms with Crippen molar-refractivity contribution < 1.29 is 24.5 Å². The number of aliphatic hydroxyl groups excluding tert-OH is 1. The minimum absolute atomic E-state index is 0.228. The molecule has 0 saturated carbocycles. The highest BCUT2D eigenvalue weighted by molar-refractivity contribution is 6.11. The molecular weight excluding hydrogens is 442 g/mol. The smallest absolute Gasteiger partial charge is 0.307 e. The minimum atomic E-state index is -0.997. The number of methoxy groups -OCH3 is 2. The molecule has 0 aliphatic rings. The first kappa shape index (κ1) is 27.3. The molecule has 3 rings (SSSR count). The molecule has 0 bridgehead atoms. The number of carboxylic acids is 1. The Kier molecular flexibility index (Phi) is 10.7. The predicted octanol–water partition coefficient (Wildman–Crippen LogP) is 5.75. The van der Waals surface area contributed by atoms with Gasteiger partial charge in [0, 0.05) is 7.05 Å². The van der Waals surface area contributed by atoms with Gasteiger partial charge in [-0.15, -0.1) is 0 Å². The highest BCUT2D eigenvalue weighted by Crippen LogP contribution is 2.28.